The van der Waals surface area contributed by atoms with Crippen LogP contribution in [0.2, 0.25) is 0 Å². The zero-order valence-corrected chi connectivity index (χ0v) is 19.8. The fraction of sp³-hybridized carbons (Fsp3) is 0.440. The Labute approximate surface area is 206 Å². The smallest absolute Gasteiger partial charge is 0.416 e. The largest absolute Gasteiger partial charge is 0.618 e. The van der Waals surface area contributed by atoms with Gasteiger partial charge in [-0.15, -0.1) is 0 Å². The lowest BCUT2D eigenvalue weighted by atomic mass is 9.74. The Bertz CT molecular complexity index is 1110. The molecule has 1 aliphatic rings. The third-order valence-corrected chi connectivity index (χ3v) is 6.40. The standard InChI is InChI=1S/C25H29F3N4O4/c1-16(31-22(33)15-30-23(34)18-5-4-6-19(14-18)25(26,27)28)13-20(29)17-8-10-24(35,11-9-17)21-7-2-3-12-32(21)36/h2-7,12,14,16-17,29,35H,8-11,13,15H2,1H3,(H,30,34)(H,31,33)/t16-,17?,24?/m1/s1. The van der Waals surface area contributed by atoms with Crippen LogP contribution in [0.1, 0.15) is 60.6 Å². The number of pyridine rings is 1. The van der Waals surface area contributed by atoms with E-state index >= 15 is 0 Å². The van der Waals surface area contributed by atoms with Crippen LogP contribution in [0.4, 0.5) is 13.2 Å². The van der Waals surface area contributed by atoms with Gasteiger partial charge in [-0.3, -0.25) is 9.59 Å². The fourth-order valence-electron chi connectivity index (χ4n) is 4.46. The van der Waals surface area contributed by atoms with Gasteiger partial charge in [0.05, 0.1) is 12.1 Å². The molecule has 36 heavy (non-hydrogen) atoms. The summed E-state index contributed by atoms with van der Waals surface area (Å²) in [6, 6.07) is 8.40. The van der Waals surface area contributed by atoms with Gasteiger partial charge in [0.15, 0.2) is 6.20 Å². The van der Waals surface area contributed by atoms with Gasteiger partial charge < -0.3 is 26.4 Å². The number of alkyl halides is 3. The van der Waals surface area contributed by atoms with Gasteiger partial charge in [-0.2, -0.15) is 17.9 Å². The van der Waals surface area contributed by atoms with E-state index in [0.717, 1.165) is 18.2 Å². The van der Waals surface area contributed by atoms with Crippen LogP contribution < -0.4 is 15.4 Å². The van der Waals surface area contributed by atoms with E-state index in [1.807, 2.05) is 0 Å². The first-order chi connectivity index (χ1) is 16.9. The van der Waals surface area contributed by atoms with Gasteiger partial charge in [-0.05, 0) is 62.8 Å². The minimum Gasteiger partial charge on any atom is -0.618 e. The molecule has 0 bridgehead atoms. The van der Waals surface area contributed by atoms with E-state index in [4.69, 9.17) is 5.41 Å². The molecule has 1 fully saturated rings. The molecule has 0 aliphatic heterocycles. The Kier molecular flexibility index (Phi) is 8.34. The molecule has 1 heterocycles. The average molecular weight is 507 g/mol. The maximum absolute atomic E-state index is 12.8. The molecule has 4 N–H and O–H groups in total. The normalized spacial score (nSPS) is 20.9. The lowest BCUT2D eigenvalue weighted by Crippen LogP contribution is -2.45. The molecule has 0 spiro atoms. The average Bonchev–Trinajstić information content (AvgIpc) is 2.82. The molecule has 1 aromatic heterocycles. The second-order valence-electron chi connectivity index (χ2n) is 9.18. The third kappa shape index (κ3) is 6.81. The van der Waals surface area contributed by atoms with Crippen LogP contribution in [-0.2, 0) is 16.6 Å². The maximum atomic E-state index is 12.8. The fourth-order valence-corrected chi connectivity index (χ4v) is 4.46. The van der Waals surface area contributed by atoms with Gasteiger partial charge in [0.2, 0.25) is 11.6 Å². The van der Waals surface area contributed by atoms with Crippen molar-refractivity contribution < 1.29 is 32.6 Å². The number of halogens is 3. The van der Waals surface area contributed by atoms with Crippen molar-refractivity contribution in [2.24, 2.45) is 5.92 Å². The van der Waals surface area contributed by atoms with E-state index in [1.54, 1.807) is 25.1 Å². The number of carbonyl (C=O) groups is 2. The number of rotatable bonds is 8. The zero-order valence-electron chi connectivity index (χ0n) is 19.8. The van der Waals surface area contributed by atoms with Crippen LogP contribution in [0.5, 0.6) is 0 Å². The molecule has 3 rings (SSSR count). The summed E-state index contributed by atoms with van der Waals surface area (Å²) in [5.41, 5.74) is -1.69. The molecule has 194 valence electrons. The van der Waals surface area contributed by atoms with Crippen molar-refractivity contribution in [3.05, 3.63) is 70.7 Å². The van der Waals surface area contributed by atoms with E-state index in [9.17, 15) is 33.1 Å². The van der Waals surface area contributed by atoms with E-state index < -0.39 is 41.7 Å². The van der Waals surface area contributed by atoms with Crippen molar-refractivity contribution in [3.63, 3.8) is 0 Å². The Morgan fingerprint density at radius 2 is 1.92 bits per heavy atom. The number of benzene rings is 1. The third-order valence-electron chi connectivity index (χ3n) is 6.40. The number of hydrogen-bond donors (Lipinski definition) is 4. The van der Waals surface area contributed by atoms with Crippen molar-refractivity contribution in [3.8, 4) is 0 Å². The summed E-state index contributed by atoms with van der Waals surface area (Å²) in [4.78, 5) is 24.3. The molecule has 1 aliphatic carbocycles. The summed E-state index contributed by atoms with van der Waals surface area (Å²) in [5.74, 6) is -1.42. The van der Waals surface area contributed by atoms with Crippen molar-refractivity contribution in [2.45, 2.75) is 56.8 Å². The van der Waals surface area contributed by atoms with Gasteiger partial charge in [-0.1, -0.05) is 6.07 Å². The van der Waals surface area contributed by atoms with Gasteiger partial charge >= 0.3 is 6.18 Å². The second-order valence-corrected chi connectivity index (χ2v) is 9.18. The van der Waals surface area contributed by atoms with Crippen LogP contribution >= 0.6 is 0 Å². The first kappa shape index (κ1) is 27.1. The first-order valence-electron chi connectivity index (χ1n) is 11.6. The van der Waals surface area contributed by atoms with E-state index in [2.05, 4.69) is 10.6 Å². The molecule has 1 saturated carbocycles. The number of aromatic nitrogens is 1. The summed E-state index contributed by atoms with van der Waals surface area (Å²) >= 11 is 0. The Balaban J connectivity index is 1.44. The number of hydrogen-bond acceptors (Lipinski definition) is 5. The minimum atomic E-state index is -4.58. The topological polar surface area (TPSA) is 129 Å². The number of amides is 2. The maximum Gasteiger partial charge on any atom is 0.416 e. The van der Waals surface area contributed by atoms with Gasteiger partial charge in [0.25, 0.3) is 5.91 Å². The van der Waals surface area contributed by atoms with Crippen molar-refractivity contribution in [2.75, 3.05) is 6.54 Å². The molecule has 2 aromatic rings. The Morgan fingerprint density at radius 1 is 1.22 bits per heavy atom. The highest BCUT2D eigenvalue weighted by Crippen LogP contribution is 2.39. The number of carbonyl (C=O) groups excluding carboxylic acids is 2. The predicted molar refractivity (Wildman–Crippen MR) is 125 cm³/mol. The number of aliphatic hydroxyl groups is 1. The van der Waals surface area contributed by atoms with E-state index in [0.29, 0.717) is 41.8 Å². The molecule has 1 atom stereocenters. The summed E-state index contributed by atoms with van der Waals surface area (Å²) < 4.78 is 39.1. The highest BCUT2D eigenvalue weighted by atomic mass is 19.4. The summed E-state index contributed by atoms with van der Waals surface area (Å²) in [6.07, 6.45) is -1.24. The summed E-state index contributed by atoms with van der Waals surface area (Å²) in [7, 11) is 0. The van der Waals surface area contributed by atoms with E-state index in [1.165, 1.54) is 12.3 Å². The van der Waals surface area contributed by atoms with Crippen molar-refractivity contribution in [1.29, 1.82) is 5.41 Å². The van der Waals surface area contributed by atoms with Crippen LogP contribution in [0.3, 0.4) is 0 Å². The van der Waals surface area contributed by atoms with Crippen LogP contribution in [0, 0.1) is 16.5 Å². The molecule has 11 heteroatoms. The van der Waals surface area contributed by atoms with E-state index in [-0.39, 0.29) is 17.9 Å². The first-order valence-corrected chi connectivity index (χ1v) is 11.6. The van der Waals surface area contributed by atoms with Gasteiger partial charge in [0, 0.05) is 35.9 Å². The SMILES string of the molecule is C[C@H](CC(=N)C1CCC(O)(c2cccc[n+]2[O-])CC1)NC(=O)CNC(=O)c1cccc(C(F)(F)F)c1. The monoisotopic (exact) mass is 506 g/mol. The molecular weight excluding hydrogens is 477 g/mol. The Morgan fingerprint density at radius 3 is 2.56 bits per heavy atom. The number of nitrogens with one attached hydrogen (secondary N) is 3. The molecule has 0 radical (unpaired) electrons. The molecule has 0 unspecified atom stereocenters. The zero-order chi connectivity index (χ0) is 26.5. The lowest BCUT2D eigenvalue weighted by Gasteiger charge is -2.35. The van der Waals surface area contributed by atoms with Crippen LogP contribution in [0.25, 0.3) is 0 Å². The van der Waals surface area contributed by atoms with Gasteiger partial charge in [0.1, 0.15) is 5.60 Å². The Hall–Kier alpha value is -3.47. The second kappa shape index (κ2) is 11.1. The quantitative estimate of drug-likeness (QED) is 0.249. The molecule has 8 nitrogen and oxygen atoms in total. The highest BCUT2D eigenvalue weighted by Gasteiger charge is 2.41. The summed E-state index contributed by atoms with van der Waals surface area (Å²) in [5, 5.41) is 36.3. The highest BCUT2D eigenvalue weighted by molar-refractivity contribution is 5.96. The molecular formula is C25H29F3N4O4. The van der Waals surface area contributed by atoms with Crippen LogP contribution in [0.15, 0.2) is 48.7 Å². The molecule has 1 aromatic carbocycles. The van der Waals surface area contributed by atoms with Crippen molar-refractivity contribution in [1.82, 2.24) is 10.6 Å². The minimum absolute atomic E-state index is 0.0888. The van der Waals surface area contributed by atoms with Gasteiger partial charge in [-0.25, -0.2) is 0 Å². The van der Waals surface area contributed by atoms with Crippen LogP contribution in [-0.4, -0.2) is 35.2 Å². The lowest BCUT2D eigenvalue weighted by molar-refractivity contribution is -0.623. The molecule has 0 saturated heterocycles. The molecule has 2 amide bonds. The summed E-state index contributed by atoms with van der Waals surface area (Å²) in [6.45, 7) is 1.29. The number of nitrogens with zero attached hydrogens (tertiary/aromatic N) is 1. The predicted octanol–water partition coefficient (Wildman–Crippen LogP) is 3.06. The van der Waals surface area contributed by atoms with Crippen molar-refractivity contribution >= 4 is 17.5 Å².